The SMILES string of the molecule is CCCOc1ccc(C(=O)N2C[C@H]3CC[C@@H]2CN(C(C)=O)C3)cc1. The zero-order valence-electron chi connectivity index (χ0n) is 14.5. The molecule has 0 N–H and O–H groups in total. The summed E-state index contributed by atoms with van der Waals surface area (Å²) in [6, 6.07) is 7.54. The van der Waals surface area contributed by atoms with Crippen molar-refractivity contribution in [3.8, 4) is 5.75 Å². The minimum absolute atomic E-state index is 0.0668. The van der Waals surface area contributed by atoms with E-state index in [4.69, 9.17) is 4.74 Å². The first-order chi connectivity index (χ1) is 11.6. The van der Waals surface area contributed by atoms with Gasteiger partial charge in [-0.25, -0.2) is 0 Å². The molecule has 5 nitrogen and oxygen atoms in total. The molecule has 1 aromatic rings. The number of carbonyl (C=O) groups is 2. The number of nitrogens with zero attached hydrogens (tertiary/aromatic N) is 2. The third-order valence-corrected chi connectivity index (χ3v) is 4.99. The van der Waals surface area contributed by atoms with E-state index in [0.29, 0.717) is 24.6 Å². The number of ether oxygens (including phenoxy) is 1. The van der Waals surface area contributed by atoms with E-state index in [1.54, 1.807) is 6.92 Å². The van der Waals surface area contributed by atoms with Crippen LogP contribution in [0.4, 0.5) is 0 Å². The summed E-state index contributed by atoms with van der Waals surface area (Å²) >= 11 is 0. The predicted octanol–water partition coefficient (Wildman–Crippen LogP) is 2.56. The second-order valence-electron chi connectivity index (χ2n) is 6.85. The summed E-state index contributed by atoms with van der Waals surface area (Å²) in [7, 11) is 0. The van der Waals surface area contributed by atoms with Gasteiger partial charge in [-0.1, -0.05) is 6.92 Å². The third-order valence-electron chi connectivity index (χ3n) is 4.99. The van der Waals surface area contributed by atoms with E-state index in [0.717, 1.165) is 38.1 Å². The molecule has 2 amide bonds. The van der Waals surface area contributed by atoms with Crippen LogP contribution in [-0.2, 0) is 4.79 Å². The first kappa shape index (κ1) is 16.8. The van der Waals surface area contributed by atoms with Crippen molar-refractivity contribution in [3.63, 3.8) is 0 Å². The Morgan fingerprint density at radius 2 is 1.88 bits per heavy atom. The summed E-state index contributed by atoms with van der Waals surface area (Å²) < 4.78 is 5.58. The zero-order chi connectivity index (χ0) is 17.1. The Balaban J connectivity index is 1.72. The van der Waals surface area contributed by atoms with Gasteiger partial charge < -0.3 is 14.5 Å². The van der Waals surface area contributed by atoms with Crippen molar-refractivity contribution in [1.29, 1.82) is 0 Å². The fourth-order valence-electron chi connectivity index (χ4n) is 3.67. The van der Waals surface area contributed by atoms with Crippen molar-refractivity contribution >= 4 is 11.8 Å². The van der Waals surface area contributed by atoms with Crippen molar-refractivity contribution in [2.75, 3.05) is 26.2 Å². The van der Waals surface area contributed by atoms with Crippen LogP contribution in [0.1, 0.15) is 43.5 Å². The van der Waals surface area contributed by atoms with Gasteiger partial charge in [0.2, 0.25) is 5.91 Å². The summed E-state index contributed by atoms with van der Waals surface area (Å²) in [5.41, 5.74) is 0.695. The van der Waals surface area contributed by atoms with E-state index in [1.165, 1.54) is 0 Å². The van der Waals surface area contributed by atoms with Crippen molar-refractivity contribution in [1.82, 2.24) is 9.80 Å². The van der Waals surface area contributed by atoms with Crippen LogP contribution < -0.4 is 4.74 Å². The number of rotatable bonds is 4. The average Bonchev–Trinajstić information content (AvgIpc) is 2.92. The molecule has 3 aliphatic heterocycles. The number of benzene rings is 1. The third kappa shape index (κ3) is 3.55. The van der Waals surface area contributed by atoms with Crippen LogP contribution in [-0.4, -0.2) is 53.9 Å². The summed E-state index contributed by atoms with van der Waals surface area (Å²) in [5, 5.41) is 0. The largest absolute Gasteiger partial charge is 0.494 e. The number of fused-ring (bicyclic) bond motifs is 4. The van der Waals surface area contributed by atoms with Crippen LogP contribution >= 0.6 is 0 Å². The highest BCUT2D eigenvalue weighted by Gasteiger charge is 2.38. The van der Waals surface area contributed by atoms with Gasteiger partial charge in [0.05, 0.1) is 6.61 Å². The minimum atomic E-state index is 0.0668. The Bertz CT molecular complexity index is 599. The van der Waals surface area contributed by atoms with Crippen LogP contribution in [0.15, 0.2) is 24.3 Å². The average molecular weight is 330 g/mol. The highest BCUT2D eigenvalue weighted by atomic mass is 16.5. The molecule has 4 rings (SSSR count). The molecule has 0 aromatic heterocycles. The topological polar surface area (TPSA) is 49.9 Å². The van der Waals surface area contributed by atoms with Gasteiger partial charge in [0.25, 0.3) is 5.91 Å². The van der Waals surface area contributed by atoms with Crippen molar-refractivity contribution < 1.29 is 14.3 Å². The second kappa shape index (κ2) is 7.24. The molecule has 3 fully saturated rings. The molecule has 130 valence electrons. The van der Waals surface area contributed by atoms with Gasteiger partial charge in [-0.2, -0.15) is 0 Å². The molecule has 24 heavy (non-hydrogen) atoms. The lowest BCUT2D eigenvalue weighted by atomic mass is 9.94. The maximum atomic E-state index is 12.9. The number of hydrogen-bond acceptors (Lipinski definition) is 3. The van der Waals surface area contributed by atoms with E-state index < -0.39 is 0 Å². The molecule has 0 aliphatic carbocycles. The maximum absolute atomic E-state index is 12.9. The van der Waals surface area contributed by atoms with Crippen molar-refractivity contribution in [3.05, 3.63) is 29.8 Å². The standard InChI is InChI=1S/C19H26N2O3/c1-3-10-24-18-8-5-16(6-9-18)19(23)21-12-15-4-7-17(21)13-20(11-15)14(2)22/h5-6,8-9,15,17H,3-4,7,10-13H2,1-2H3/t15-,17+/m0/s1. The quantitative estimate of drug-likeness (QED) is 0.852. The number of carbonyl (C=O) groups excluding carboxylic acids is 2. The van der Waals surface area contributed by atoms with Crippen molar-refractivity contribution in [2.24, 2.45) is 5.92 Å². The van der Waals surface area contributed by atoms with Crippen LogP contribution in [0.5, 0.6) is 5.75 Å². The zero-order valence-corrected chi connectivity index (χ0v) is 14.5. The lowest BCUT2D eigenvalue weighted by molar-refractivity contribution is -0.129. The highest BCUT2D eigenvalue weighted by Crippen LogP contribution is 2.29. The molecule has 5 heteroatoms. The van der Waals surface area contributed by atoms with Crippen LogP contribution in [0, 0.1) is 5.92 Å². The van der Waals surface area contributed by atoms with Gasteiger partial charge in [-0.15, -0.1) is 0 Å². The summed E-state index contributed by atoms with van der Waals surface area (Å²) in [4.78, 5) is 28.5. The molecule has 2 bridgehead atoms. The van der Waals surface area contributed by atoms with Gasteiger partial charge in [-0.05, 0) is 49.4 Å². The molecule has 3 heterocycles. The monoisotopic (exact) mass is 330 g/mol. The molecule has 3 saturated heterocycles. The lowest BCUT2D eigenvalue weighted by Crippen LogP contribution is -2.47. The van der Waals surface area contributed by atoms with Gasteiger partial charge in [0.1, 0.15) is 5.75 Å². The number of piperidine rings is 1. The fraction of sp³-hybridized carbons (Fsp3) is 0.579. The fourth-order valence-corrected chi connectivity index (χ4v) is 3.67. The molecule has 0 spiro atoms. The van der Waals surface area contributed by atoms with Crippen LogP contribution in [0.3, 0.4) is 0 Å². The molecule has 1 aromatic carbocycles. The molecule has 0 saturated carbocycles. The Morgan fingerprint density at radius 3 is 2.54 bits per heavy atom. The molecule has 0 unspecified atom stereocenters. The Hall–Kier alpha value is -2.04. The first-order valence-corrected chi connectivity index (χ1v) is 8.87. The molecule has 3 aliphatic rings. The van der Waals surface area contributed by atoms with E-state index in [-0.39, 0.29) is 17.9 Å². The van der Waals surface area contributed by atoms with Crippen LogP contribution in [0.25, 0.3) is 0 Å². The number of amides is 2. The summed E-state index contributed by atoms with van der Waals surface area (Å²) in [5.74, 6) is 1.37. The summed E-state index contributed by atoms with van der Waals surface area (Å²) in [6.45, 7) is 6.56. The number of hydrogen-bond donors (Lipinski definition) is 0. The maximum Gasteiger partial charge on any atom is 0.254 e. The normalized spacial score (nSPS) is 23.1. The van der Waals surface area contributed by atoms with Gasteiger partial charge in [-0.3, -0.25) is 9.59 Å². The lowest BCUT2D eigenvalue weighted by Gasteiger charge is -2.36. The predicted molar refractivity (Wildman–Crippen MR) is 92.0 cm³/mol. The smallest absolute Gasteiger partial charge is 0.254 e. The molecule has 0 radical (unpaired) electrons. The Morgan fingerprint density at radius 1 is 1.12 bits per heavy atom. The second-order valence-corrected chi connectivity index (χ2v) is 6.85. The van der Waals surface area contributed by atoms with Gasteiger partial charge in [0.15, 0.2) is 0 Å². The van der Waals surface area contributed by atoms with Gasteiger partial charge in [0, 0.05) is 38.2 Å². The summed E-state index contributed by atoms with van der Waals surface area (Å²) in [6.07, 6.45) is 3.05. The molecule has 2 atom stereocenters. The first-order valence-electron chi connectivity index (χ1n) is 8.87. The van der Waals surface area contributed by atoms with E-state index in [2.05, 4.69) is 6.92 Å². The van der Waals surface area contributed by atoms with E-state index in [9.17, 15) is 9.59 Å². The van der Waals surface area contributed by atoms with Crippen LogP contribution in [0.2, 0.25) is 0 Å². The highest BCUT2D eigenvalue weighted by molar-refractivity contribution is 5.94. The van der Waals surface area contributed by atoms with E-state index in [1.807, 2.05) is 34.1 Å². The van der Waals surface area contributed by atoms with E-state index >= 15 is 0 Å². The minimum Gasteiger partial charge on any atom is -0.494 e. The molecular formula is C19H26N2O3. The van der Waals surface area contributed by atoms with Gasteiger partial charge >= 0.3 is 0 Å². The Kier molecular flexibility index (Phi) is 5.07. The van der Waals surface area contributed by atoms with Crippen molar-refractivity contribution in [2.45, 2.75) is 39.2 Å². The molecular weight excluding hydrogens is 304 g/mol. The Labute approximate surface area is 143 Å².